The van der Waals surface area contributed by atoms with Crippen LogP contribution >= 0.6 is 0 Å². The predicted molar refractivity (Wildman–Crippen MR) is 422 cm³/mol. The molecule has 0 atom stereocenters. The first-order valence-corrected chi connectivity index (χ1v) is 33.7. The molecule has 0 saturated carbocycles. The Bertz CT molecular complexity index is 4880. The molecule has 3 aliphatic carbocycles. The van der Waals surface area contributed by atoms with E-state index < -0.39 is 0 Å². The monoisotopic (exact) mass is 1260 g/mol. The zero-order valence-corrected chi connectivity index (χ0v) is 57.2. The van der Waals surface area contributed by atoms with Crippen LogP contribution in [-0.2, 0) is 6.42 Å². The Kier molecular flexibility index (Phi) is 22.1. The molecule has 13 rings (SSSR count). The highest BCUT2D eigenvalue weighted by molar-refractivity contribution is 6.14. The molecule has 1 aliphatic heterocycles. The number of hydrogen-bond donors (Lipinski definition) is 0. The van der Waals surface area contributed by atoms with Gasteiger partial charge in [-0.2, -0.15) is 0 Å². The zero-order chi connectivity index (χ0) is 67.6. The molecule has 4 aliphatic rings. The van der Waals surface area contributed by atoms with Gasteiger partial charge < -0.3 is 9.47 Å². The molecule has 0 bridgehead atoms. The van der Waals surface area contributed by atoms with Gasteiger partial charge in [0.2, 0.25) is 0 Å². The van der Waals surface area contributed by atoms with Gasteiger partial charge in [0.15, 0.2) is 0 Å². The molecule has 0 N–H and O–H groups in total. The molecule has 0 radical (unpaired) electrons. The average molecular weight is 1260 g/mol. The third-order valence-electron chi connectivity index (χ3n) is 18.3. The molecule has 0 spiro atoms. The maximum absolute atomic E-state index is 5.53. The second kappa shape index (κ2) is 32.0. The van der Waals surface area contributed by atoms with Gasteiger partial charge >= 0.3 is 0 Å². The third kappa shape index (κ3) is 16.0. The van der Waals surface area contributed by atoms with Gasteiger partial charge in [-0.1, -0.05) is 261 Å². The first-order chi connectivity index (χ1) is 47.4. The number of rotatable bonds is 15. The lowest BCUT2D eigenvalue weighted by Gasteiger charge is -2.27. The van der Waals surface area contributed by atoms with Crippen LogP contribution in [0.5, 0.6) is 0 Å². The lowest BCUT2D eigenvalue weighted by Crippen LogP contribution is -2.12. The minimum Gasteiger partial charge on any atom is -0.316 e. The Balaban J connectivity index is 0.000000409. The fourth-order valence-corrected chi connectivity index (χ4v) is 12.7. The number of fused-ring (bicyclic) bond motifs is 4. The fraction of sp³-hybridized carbons (Fsp3) is 0.117. The summed E-state index contributed by atoms with van der Waals surface area (Å²) in [5.74, 6) is 0. The second-order valence-electron chi connectivity index (χ2n) is 24.7. The molecule has 1 aromatic heterocycles. The number of anilines is 2. The van der Waals surface area contributed by atoms with E-state index in [4.69, 9.17) is 4.99 Å². The molecule has 476 valence electrons. The molecular formula is C94H85N3. The maximum Gasteiger partial charge on any atom is 0.0715 e. The molecule has 3 nitrogen and oxygen atoms in total. The van der Waals surface area contributed by atoms with E-state index in [9.17, 15) is 0 Å². The predicted octanol–water partition coefficient (Wildman–Crippen LogP) is 25.9. The lowest BCUT2D eigenvalue weighted by atomic mass is 9.89. The molecule has 0 saturated heterocycles. The smallest absolute Gasteiger partial charge is 0.0715 e. The standard InChI is InChI=1S/C74H61N3.C14H14.C6H10/c1-6-23-52(3)54(5)68-33-12-11-28-60(68)40-39-55-25-21-31-64(46-55)75-71(50-56(7-2)58-41-43-59(44-42-58)57-26-9-8-10-27-57)62-30-22-29-61(47-62)63-48-65(76-45-20-19-24-53(4)67-32-13-16-36-72(67)76)51-66(49-63)77-73-37-17-14-34-69(73)70-35-15-18-38-74(70)77;1-11-7-3-5-9-13(11)14-10-6-4-8-12(14)2;1-4-6(3)5-2/h6-11,13,16-17,19-32,35-51H,2,4,12,14,33-34H2,1,3,5H3;3-10H,1-2H3;4-5H,1H2,2-3H3/b23-6-,24-19-,40-39+,45-20-,54-52+,56-50+,75-71?;;6-5-. The number of aliphatic imine (C=N–C) groups is 1. The molecule has 8 aromatic carbocycles. The molecule has 2 heterocycles. The minimum atomic E-state index is 0.820. The van der Waals surface area contributed by atoms with Gasteiger partial charge in [0.05, 0.1) is 22.8 Å². The highest BCUT2D eigenvalue weighted by Crippen LogP contribution is 2.42. The second-order valence-corrected chi connectivity index (χ2v) is 24.7. The summed E-state index contributed by atoms with van der Waals surface area (Å²) in [5.41, 5.74) is 38.7. The lowest BCUT2D eigenvalue weighted by molar-refractivity contribution is 0.951. The van der Waals surface area contributed by atoms with Gasteiger partial charge in [-0.3, -0.25) is 0 Å². The van der Waals surface area contributed by atoms with Crippen LogP contribution in [-0.4, -0.2) is 10.3 Å². The molecule has 9 aromatic rings. The highest BCUT2D eigenvalue weighted by Gasteiger charge is 2.24. The van der Waals surface area contributed by atoms with Crippen LogP contribution in [0.2, 0.25) is 0 Å². The van der Waals surface area contributed by atoms with Crippen molar-refractivity contribution >= 4 is 58.2 Å². The van der Waals surface area contributed by atoms with Crippen molar-refractivity contribution in [3.05, 3.63) is 394 Å². The summed E-state index contributed by atoms with van der Waals surface area (Å²) >= 11 is 0. The van der Waals surface area contributed by atoms with Crippen molar-refractivity contribution in [3.63, 3.8) is 0 Å². The molecular weight excluding hydrogens is 1170 g/mol. The summed E-state index contributed by atoms with van der Waals surface area (Å²) in [6, 6.07) is 69.0. The van der Waals surface area contributed by atoms with Crippen molar-refractivity contribution in [3.8, 4) is 39.1 Å². The van der Waals surface area contributed by atoms with E-state index >= 15 is 0 Å². The van der Waals surface area contributed by atoms with E-state index in [2.05, 4.69) is 361 Å². The third-order valence-corrected chi connectivity index (χ3v) is 18.3. The number of aryl methyl sites for hydroxylation is 2. The Hall–Kier alpha value is -11.6. The van der Waals surface area contributed by atoms with Gasteiger partial charge in [0.1, 0.15) is 0 Å². The largest absolute Gasteiger partial charge is 0.316 e. The van der Waals surface area contributed by atoms with Crippen molar-refractivity contribution in [2.45, 2.75) is 74.1 Å². The van der Waals surface area contributed by atoms with E-state index in [1.165, 1.54) is 72.5 Å². The van der Waals surface area contributed by atoms with Crippen molar-refractivity contribution in [2.75, 3.05) is 4.90 Å². The maximum atomic E-state index is 5.53. The van der Waals surface area contributed by atoms with Crippen LogP contribution < -0.4 is 4.90 Å². The normalized spacial score (nSPS) is 14.9. The van der Waals surface area contributed by atoms with Gasteiger partial charge in [-0.25, -0.2) is 4.99 Å². The number of nitrogens with zero attached hydrogens (tertiary/aromatic N) is 3. The van der Waals surface area contributed by atoms with E-state index in [0.717, 1.165) is 110 Å². The van der Waals surface area contributed by atoms with Crippen LogP contribution in [0.4, 0.5) is 17.1 Å². The van der Waals surface area contributed by atoms with Crippen LogP contribution in [0.15, 0.2) is 343 Å². The molecule has 0 amide bonds. The van der Waals surface area contributed by atoms with E-state index in [1.807, 2.05) is 32.1 Å². The topological polar surface area (TPSA) is 20.5 Å². The molecule has 3 heteroatoms. The Morgan fingerprint density at radius 1 is 0.557 bits per heavy atom. The quantitative estimate of drug-likeness (QED) is 0.0569. The van der Waals surface area contributed by atoms with Gasteiger partial charge in [0, 0.05) is 46.0 Å². The van der Waals surface area contributed by atoms with Crippen LogP contribution in [0.1, 0.15) is 110 Å². The Morgan fingerprint density at radius 2 is 1.23 bits per heavy atom. The zero-order valence-electron chi connectivity index (χ0n) is 57.2. The summed E-state index contributed by atoms with van der Waals surface area (Å²) in [7, 11) is 0. The summed E-state index contributed by atoms with van der Waals surface area (Å²) in [4.78, 5) is 7.82. The SMILES string of the molecule is C=C/C(=C\C(=Nc1cccc(/C=C/C2=C(C(/C)=C(C)/C=C\C)CCC=C2)c1)c1cccc(-c2cc(N3/C=C\C=C/C(=C)c4ccccc43)cc(-n3c4c(c5c3C=CCC5)C=C=C=C4)c2)c1)c1ccc(-c2ccccc2)cc1.C=C/C(C)=C\C.Cc1ccccc1-c1ccccc1C. The minimum absolute atomic E-state index is 0.820. The molecule has 0 unspecified atom stereocenters. The molecule has 0 fully saturated rings. The van der Waals surface area contributed by atoms with Crippen molar-refractivity contribution < 1.29 is 0 Å². The number of para-hydroxylation sites is 1. The summed E-state index contributed by atoms with van der Waals surface area (Å²) in [6.45, 7) is 27.2. The van der Waals surface area contributed by atoms with Crippen LogP contribution in [0, 0.1) is 13.8 Å². The Morgan fingerprint density at radius 3 is 1.95 bits per heavy atom. The highest BCUT2D eigenvalue weighted by atomic mass is 15.1. The van der Waals surface area contributed by atoms with Crippen molar-refractivity contribution in [1.82, 2.24) is 4.57 Å². The first-order valence-electron chi connectivity index (χ1n) is 33.7. The fourth-order valence-electron chi connectivity index (χ4n) is 12.7. The summed E-state index contributed by atoms with van der Waals surface area (Å²) in [5, 5.41) is 0. The van der Waals surface area contributed by atoms with Gasteiger partial charge in [-0.05, 0) is 236 Å². The van der Waals surface area contributed by atoms with Crippen LogP contribution in [0.25, 0.3) is 74.5 Å². The van der Waals surface area contributed by atoms with E-state index in [-0.39, 0.29) is 0 Å². The van der Waals surface area contributed by atoms with E-state index in [0.29, 0.717) is 0 Å². The Labute approximate surface area is 576 Å². The number of hydrogen-bond acceptors (Lipinski definition) is 2. The molecule has 97 heavy (non-hydrogen) atoms. The van der Waals surface area contributed by atoms with E-state index in [1.54, 1.807) is 0 Å². The average Bonchev–Trinajstić information content (AvgIpc) is 1.11. The number of allylic oxidation sites excluding steroid dienone is 20. The van der Waals surface area contributed by atoms with Crippen LogP contribution in [0.3, 0.4) is 0 Å². The van der Waals surface area contributed by atoms with Crippen molar-refractivity contribution in [2.24, 2.45) is 4.99 Å². The number of benzene rings is 8. The van der Waals surface area contributed by atoms with Gasteiger partial charge in [-0.15, -0.1) is 0 Å². The summed E-state index contributed by atoms with van der Waals surface area (Å²) < 4.78 is 2.40. The van der Waals surface area contributed by atoms with Crippen molar-refractivity contribution in [1.29, 1.82) is 0 Å². The first kappa shape index (κ1) is 66.9. The van der Waals surface area contributed by atoms with Gasteiger partial charge in [0.25, 0.3) is 0 Å². The number of aromatic nitrogens is 1. The summed E-state index contributed by atoms with van der Waals surface area (Å²) in [6.07, 6.45) is 42.5.